The van der Waals surface area contributed by atoms with Gasteiger partial charge >= 0.3 is 5.97 Å². The van der Waals surface area contributed by atoms with Gasteiger partial charge in [-0.1, -0.05) is 71.1 Å². The van der Waals surface area contributed by atoms with E-state index in [0.29, 0.717) is 83.2 Å². The van der Waals surface area contributed by atoms with Gasteiger partial charge in [-0.15, -0.1) is 0 Å². The van der Waals surface area contributed by atoms with Gasteiger partial charge in [0.15, 0.2) is 5.78 Å². The number of carbonyl (C=O) groups is 5. The fourth-order valence-electron chi connectivity index (χ4n) is 10.7. The van der Waals surface area contributed by atoms with Crippen LogP contribution in [-0.4, -0.2) is 145 Å². The van der Waals surface area contributed by atoms with Crippen molar-refractivity contribution in [2.75, 3.05) is 40.6 Å². The number of ketones is 3. The third-order valence-corrected chi connectivity index (χ3v) is 15.4. The molecular formula is C54H83NO14. The number of amides is 1. The van der Waals surface area contributed by atoms with Crippen molar-refractivity contribution >= 4 is 29.2 Å². The Labute approximate surface area is 410 Å². The molecule has 1 aliphatic carbocycles. The quantitative estimate of drug-likeness (QED) is 0.141. The molecule has 15 nitrogen and oxygen atoms in total. The molecule has 0 spiro atoms. The van der Waals surface area contributed by atoms with E-state index >= 15 is 0 Å². The number of nitrogens with zero attached hydrogens (tertiary/aromatic N) is 1. The molecule has 5 rings (SSSR count). The minimum atomic E-state index is -2.45. The Morgan fingerprint density at radius 3 is 2.28 bits per heavy atom. The van der Waals surface area contributed by atoms with Crippen molar-refractivity contribution in [2.45, 2.75) is 180 Å². The Hall–Kier alpha value is -3.41. The predicted molar refractivity (Wildman–Crippen MR) is 258 cm³/mol. The molecule has 4 heterocycles. The summed E-state index contributed by atoms with van der Waals surface area (Å²) in [5.74, 6) is -7.78. The molecular weight excluding hydrogens is 887 g/mol. The number of aliphatic hydroxyl groups is 3. The first kappa shape index (κ1) is 56.5. The number of ether oxygens (including phenoxy) is 6. The summed E-state index contributed by atoms with van der Waals surface area (Å²) in [4.78, 5) is 72.3. The number of fused-ring (bicyclic) bond motifs is 3. The van der Waals surface area contributed by atoms with Gasteiger partial charge in [0.05, 0.1) is 44.2 Å². The van der Waals surface area contributed by atoms with Crippen molar-refractivity contribution < 1.29 is 67.7 Å². The number of hydrogen-bond donors (Lipinski definition) is 3. The molecule has 0 aromatic rings. The van der Waals surface area contributed by atoms with Gasteiger partial charge < -0.3 is 48.6 Å². The van der Waals surface area contributed by atoms with Crippen LogP contribution >= 0.6 is 0 Å². The molecule has 0 aromatic heterocycles. The highest BCUT2D eigenvalue weighted by atomic mass is 16.6. The van der Waals surface area contributed by atoms with E-state index in [1.165, 1.54) is 12.0 Å². The van der Waals surface area contributed by atoms with Crippen molar-refractivity contribution in [1.82, 2.24) is 4.90 Å². The van der Waals surface area contributed by atoms with Crippen molar-refractivity contribution in [3.05, 3.63) is 47.6 Å². The number of piperidine rings is 1. The average Bonchev–Trinajstić information content (AvgIpc) is 3.31. The molecule has 1 saturated carbocycles. The average molecular weight is 970 g/mol. The summed E-state index contributed by atoms with van der Waals surface area (Å²) in [5, 5.41) is 34.1. The highest BCUT2D eigenvalue weighted by Crippen LogP contribution is 2.38. The van der Waals surface area contributed by atoms with Crippen LogP contribution in [0, 0.1) is 41.4 Å². The number of cyclic esters (lactones) is 1. The normalized spacial score (nSPS) is 40.0. The van der Waals surface area contributed by atoms with Gasteiger partial charge in [0.1, 0.15) is 30.1 Å². The molecule has 388 valence electrons. The van der Waals surface area contributed by atoms with E-state index in [1.807, 2.05) is 58.1 Å². The van der Waals surface area contributed by atoms with Gasteiger partial charge in [0.2, 0.25) is 5.79 Å². The minimum Gasteiger partial charge on any atom is -0.460 e. The lowest BCUT2D eigenvalue weighted by Gasteiger charge is -2.43. The zero-order valence-corrected chi connectivity index (χ0v) is 42.7. The number of rotatable bonds is 8. The van der Waals surface area contributed by atoms with Gasteiger partial charge in [0.25, 0.3) is 11.7 Å². The topological polar surface area (TPSA) is 205 Å². The number of allylic oxidation sites excluding steroid dienone is 6. The number of aliphatic hydroxyl groups excluding tert-OH is 2. The van der Waals surface area contributed by atoms with Crippen molar-refractivity contribution in [3.63, 3.8) is 0 Å². The van der Waals surface area contributed by atoms with Crippen LogP contribution in [0.3, 0.4) is 0 Å². The van der Waals surface area contributed by atoms with E-state index in [2.05, 4.69) is 0 Å². The van der Waals surface area contributed by atoms with Gasteiger partial charge in [-0.2, -0.15) is 0 Å². The van der Waals surface area contributed by atoms with Crippen LogP contribution in [0.4, 0.5) is 0 Å². The summed E-state index contributed by atoms with van der Waals surface area (Å²) < 4.78 is 35.5. The van der Waals surface area contributed by atoms with Gasteiger partial charge in [-0.3, -0.25) is 19.2 Å². The van der Waals surface area contributed by atoms with Crippen LogP contribution in [-0.2, 0) is 52.4 Å². The molecule has 5 aliphatic rings. The van der Waals surface area contributed by atoms with Crippen LogP contribution in [0.5, 0.6) is 0 Å². The standard InChI is InChI=1S/C54H83NO14/c1-32-15-11-10-12-16-33(2)45(67-31-40-29-66-30-40)27-41-20-18-38(7)54(63,69-41)51(60)52(61)55-22-14-13-17-42(55)53(62)68-46(35(4)25-39-19-21-43(56)47(26-39)64-8)28-44(57)34(3)24-37(6)49(59)50(65-9)48(58)36(5)23-32/h10-12,15-16,24,32,34-36,38-43,45-47,49-50,56,59,63H,13-14,17-23,25-31H2,1-9H3/b12-10+,15-11+,33-16+,37-24+/t32-,34-,35-,36-,38-,39+,41+,42+,43-,45-,46+,47-,49-,50+,54-/m1/s1. The molecule has 3 N–H and O–H groups in total. The summed E-state index contributed by atoms with van der Waals surface area (Å²) in [6.07, 6.45) is 11.2. The van der Waals surface area contributed by atoms with E-state index in [0.717, 1.165) is 12.0 Å². The Morgan fingerprint density at radius 1 is 0.855 bits per heavy atom. The molecule has 0 radical (unpaired) electrons. The van der Waals surface area contributed by atoms with Gasteiger partial charge in [-0.25, -0.2) is 4.79 Å². The summed E-state index contributed by atoms with van der Waals surface area (Å²) >= 11 is 0. The second-order valence-corrected chi connectivity index (χ2v) is 21.1. The van der Waals surface area contributed by atoms with E-state index in [4.69, 9.17) is 28.4 Å². The number of carbonyl (C=O) groups excluding carboxylic acids is 5. The SMILES string of the molecule is CO[C@@H]1C[C@H](C[C@@H](C)[C@@H]2CC(=O)[C@H](C)/C=C(\C)[C@@H](O)[C@@H](OC)C(=O)[C@H](C)C[C@H](C)/C=C/C=C/C=C(\C)[C@H](OCC3COC3)C[C@@H]3CC[C@@H](C)[C@@](O)(O3)C(=O)C(=O)N3CCCC[C@H]3C(=O)O2)CC[C@H]1O. The highest BCUT2D eigenvalue weighted by Gasteiger charge is 2.53. The molecule has 15 atom stereocenters. The first-order valence-corrected chi connectivity index (χ1v) is 25.6. The highest BCUT2D eigenvalue weighted by molar-refractivity contribution is 6.39. The summed E-state index contributed by atoms with van der Waals surface area (Å²) in [6.45, 7) is 14.5. The summed E-state index contributed by atoms with van der Waals surface area (Å²) in [5.41, 5.74) is 1.28. The largest absolute Gasteiger partial charge is 0.460 e. The van der Waals surface area contributed by atoms with Crippen LogP contribution in [0.15, 0.2) is 47.6 Å². The molecule has 1 amide bonds. The van der Waals surface area contributed by atoms with E-state index in [1.54, 1.807) is 34.0 Å². The molecule has 4 aliphatic heterocycles. The number of Topliss-reactive ketones (excluding diaryl/α,β-unsaturated/α-hetero) is 3. The maximum absolute atomic E-state index is 14.5. The molecule has 0 aromatic carbocycles. The fraction of sp³-hybridized carbons (Fsp3) is 0.759. The second kappa shape index (κ2) is 26.3. The van der Waals surface area contributed by atoms with E-state index in [-0.39, 0.29) is 60.7 Å². The zero-order chi connectivity index (χ0) is 50.6. The summed E-state index contributed by atoms with van der Waals surface area (Å²) in [7, 11) is 2.95. The first-order chi connectivity index (χ1) is 32.8. The van der Waals surface area contributed by atoms with E-state index in [9.17, 15) is 39.3 Å². The monoisotopic (exact) mass is 970 g/mol. The second-order valence-electron chi connectivity index (χ2n) is 21.1. The predicted octanol–water partition coefficient (Wildman–Crippen LogP) is 6.20. The van der Waals surface area contributed by atoms with Crippen molar-refractivity contribution in [1.29, 1.82) is 0 Å². The number of esters is 1. The fourth-order valence-corrected chi connectivity index (χ4v) is 10.7. The van der Waals surface area contributed by atoms with Gasteiger partial charge in [-0.05, 0) is 107 Å². The molecule has 3 saturated heterocycles. The zero-order valence-electron chi connectivity index (χ0n) is 42.7. The first-order valence-electron chi connectivity index (χ1n) is 25.6. The van der Waals surface area contributed by atoms with Crippen LogP contribution in [0.1, 0.15) is 126 Å². The van der Waals surface area contributed by atoms with Crippen LogP contribution in [0.25, 0.3) is 0 Å². The lowest BCUT2D eigenvalue weighted by molar-refractivity contribution is -0.266. The summed E-state index contributed by atoms with van der Waals surface area (Å²) in [6, 6.07) is -1.15. The van der Waals surface area contributed by atoms with Crippen molar-refractivity contribution in [3.8, 4) is 0 Å². The maximum Gasteiger partial charge on any atom is 0.329 e. The molecule has 0 unspecified atom stereocenters. The van der Waals surface area contributed by atoms with E-state index < -0.39 is 83.9 Å². The third-order valence-electron chi connectivity index (χ3n) is 15.4. The lowest BCUT2D eigenvalue weighted by Crippen LogP contribution is -2.61. The van der Waals surface area contributed by atoms with Crippen LogP contribution in [0.2, 0.25) is 0 Å². The molecule has 4 fully saturated rings. The Bertz CT molecular complexity index is 1870. The molecule has 69 heavy (non-hydrogen) atoms. The van der Waals surface area contributed by atoms with Crippen LogP contribution < -0.4 is 0 Å². The Balaban J connectivity index is 1.47. The van der Waals surface area contributed by atoms with Gasteiger partial charge in [0, 0.05) is 57.3 Å². The lowest BCUT2D eigenvalue weighted by atomic mass is 9.78. The Kier molecular flexibility index (Phi) is 21.6. The minimum absolute atomic E-state index is 0.00918. The third kappa shape index (κ3) is 15.1. The maximum atomic E-state index is 14.5. The van der Waals surface area contributed by atoms with Crippen molar-refractivity contribution in [2.24, 2.45) is 41.4 Å². The number of hydrogen-bond acceptors (Lipinski definition) is 14. The number of methoxy groups -OCH3 is 2. The molecule has 15 heteroatoms. The Morgan fingerprint density at radius 2 is 1.59 bits per heavy atom. The smallest absolute Gasteiger partial charge is 0.329 e. The molecule has 2 bridgehead atoms.